The lowest BCUT2D eigenvalue weighted by molar-refractivity contribution is -0.141. The highest BCUT2D eigenvalue weighted by atomic mass is 35.5. The summed E-state index contributed by atoms with van der Waals surface area (Å²) in [4.78, 5) is 17.6. The molecule has 1 aromatic carbocycles. The number of halogens is 1. The molecule has 30 heavy (non-hydrogen) atoms. The van der Waals surface area contributed by atoms with Crippen molar-refractivity contribution in [1.82, 2.24) is 19.6 Å². The molecule has 0 bridgehead atoms. The molecule has 1 aliphatic heterocycles. The van der Waals surface area contributed by atoms with Gasteiger partial charge in [-0.1, -0.05) is 35.0 Å². The van der Waals surface area contributed by atoms with Crippen molar-refractivity contribution in [2.75, 3.05) is 20.7 Å². The molecule has 3 unspecified atom stereocenters. The fraction of sp³-hybridized carbons (Fsp3) is 0.476. The predicted octanol–water partition coefficient (Wildman–Crippen LogP) is 3.36. The standard InChI is InChI=1S/C21H25ClN4O4/c1-25(13-20(27)28-2)12-19-23-21(24-30-19)17-9-14(10-18(22)29-17)11-26-8-7-15-5-3-4-6-16(15)26/h3-8,14,17-18H,9-13H2,1-2H3. The first-order chi connectivity index (χ1) is 14.5. The molecule has 3 heterocycles. The molecule has 3 atom stereocenters. The van der Waals surface area contributed by atoms with Crippen molar-refractivity contribution in [3.63, 3.8) is 0 Å². The van der Waals surface area contributed by atoms with Gasteiger partial charge in [-0.05, 0) is 43.3 Å². The molecule has 160 valence electrons. The number of benzene rings is 1. The van der Waals surface area contributed by atoms with Gasteiger partial charge < -0.3 is 18.6 Å². The van der Waals surface area contributed by atoms with Gasteiger partial charge in [0.25, 0.3) is 0 Å². The molecule has 9 heteroatoms. The van der Waals surface area contributed by atoms with Crippen molar-refractivity contribution in [1.29, 1.82) is 0 Å². The highest BCUT2D eigenvalue weighted by molar-refractivity contribution is 6.19. The van der Waals surface area contributed by atoms with Crippen molar-refractivity contribution < 1.29 is 18.8 Å². The van der Waals surface area contributed by atoms with E-state index in [1.807, 2.05) is 12.1 Å². The number of carbonyl (C=O) groups excluding carboxylic acids is 1. The van der Waals surface area contributed by atoms with E-state index < -0.39 is 5.56 Å². The molecule has 1 fully saturated rings. The van der Waals surface area contributed by atoms with Crippen LogP contribution in [0.5, 0.6) is 0 Å². The van der Waals surface area contributed by atoms with Crippen molar-refractivity contribution >= 4 is 28.5 Å². The smallest absolute Gasteiger partial charge is 0.319 e. The third-order valence-corrected chi connectivity index (χ3v) is 5.60. The van der Waals surface area contributed by atoms with Crippen molar-refractivity contribution in [3.8, 4) is 0 Å². The van der Waals surface area contributed by atoms with Gasteiger partial charge in [0.1, 0.15) is 11.7 Å². The molecule has 2 aromatic heterocycles. The summed E-state index contributed by atoms with van der Waals surface area (Å²) >= 11 is 6.40. The van der Waals surface area contributed by atoms with E-state index in [2.05, 4.69) is 43.8 Å². The third kappa shape index (κ3) is 4.83. The van der Waals surface area contributed by atoms with E-state index in [0.29, 0.717) is 24.2 Å². The van der Waals surface area contributed by atoms with Crippen LogP contribution in [0.4, 0.5) is 0 Å². The minimum absolute atomic E-state index is 0.144. The molecule has 0 amide bonds. The quantitative estimate of drug-likeness (QED) is 0.418. The summed E-state index contributed by atoms with van der Waals surface area (Å²) in [6, 6.07) is 10.5. The van der Waals surface area contributed by atoms with Crippen LogP contribution in [0.2, 0.25) is 0 Å². The maximum absolute atomic E-state index is 11.4. The molecule has 0 spiro atoms. The largest absolute Gasteiger partial charge is 0.468 e. The minimum Gasteiger partial charge on any atom is -0.468 e. The summed E-state index contributed by atoms with van der Waals surface area (Å²) in [6.45, 7) is 1.34. The van der Waals surface area contributed by atoms with E-state index in [1.165, 1.54) is 18.0 Å². The van der Waals surface area contributed by atoms with Gasteiger partial charge in [-0.3, -0.25) is 9.69 Å². The molecule has 0 N–H and O–H groups in total. The average molecular weight is 433 g/mol. The third-order valence-electron chi connectivity index (χ3n) is 5.32. The highest BCUT2D eigenvalue weighted by Gasteiger charge is 2.32. The van der Waals surface area contributed by atoms with Gasteiger partial charge >= 0.3 is 5.97 Å². The number of esters is 1. The van der Waals surface area contributed by atoms with E-state index >= 15 is 0 Å². The number of aromatic nitrogens is 3. The first-order valence-corrected chi connectivity index (χ1v) is 10.4. The molecular formula is C21H25ClN4O4. The van der Waals surface area contributed by atoms with Crippen LogP contribution in [-0.4, -0.2) is 51.8 Å². The monoisotopic (exact) mass is 432 g/mol. The number of rotatable bonds is 7. The number of likely N-dealkylation sites (N-methyl/N-ethyl adjacent to an activating group) is 1. The number of hydrogen-bond donors (Lipinski definition) is 0. The summed E-state index contributed by atoms with van der Waals surface area (Å²) in [5, 5.41) is 5.31. The summed E-state index contributed by atoms with van der Waals surface area (Å²) < 4.78 is 18.2. The Morgan fingerprint density at radius 2 is 2.17 bits per heavy atom. The summed E-state index contributed by atoms with van der Waals surface area (Å²) in [5.74, 6) is 0.915. The SMILES string of the molecule is COC(=O)CN(C)Cc1nc(C2CC(Cn3ccc4ccccc43)CC(Cl)O2)no1. The molecule has 0 aliphatic carbocycles. The average Bonchev–Trinajstić information content (AvgIpc) is 3.35. The summed E-state index contributed by atoms with van der Waals surface area (Å²) in [5.41, 5.74) is 0.807. The van der Waals surface area contributed by atoms with Crippen LogP contribution in [-0.2, 0) is 27.4 Å². The van der Waals surface area contributed by atoms with Crippen molar-refractivity contribution in [3.05, 3.63) is 48.2 Å². The maximum atomic E-state index is 11.4. The van der Waals surface area contributed by atoms with Crippen LogP contribution >= 0.6 is 11.6 Å². The lowest BCUT2D eigenvalue weighted by Gasteiger charge is -2.31. The van der Waals surface area contributed by atoms with Crippen LogP contribution in [0, 0.1) is 5.92 Å². The number of nitrogens with zero attached hydrogens (tertiary/aromatic N) is 4. The van der Waals surface area contributed by atoms with Crippen LogP contribution < -0.4 is 0 Å². The normalized spacial score (nSPS) is 21.9. The zero-order chi connectivity index (χ0) is 21.1. The highest BCUT2D eigenvalue weighted by Crippen LogP contribution is 2.36. The fourth-order valence-corrected chi connectivity index (χ4v) is 4.25. The van der Waals surface area contributed by atoms with Gasteiger partial charge in [-0.25, -0.2) is 0 Å². The first kappa shape index (κ1) is 20.8. The molecule has 1 saturated heterocycles. The number of alkyl halides is 1. The van der Waals surface area contributed by atoms with Crippen molar-refractivity contribution in [2.24, 2.45) is 5.92 Å². The number of ether oxygens (including phenoxy) is 2. The summed E-state index contributed by atoms with van der Waals surface area (Å²) in [6.07, 6.45) is 3.31. The van der Waals surface area contributed by atoms with E-state index in [4.69, 9.17) is 20.9 Å². The van der Waals surface area contributed by atoms with Gasteiger partial charge in [0.2, 0.25) is 11.7 Å². The second-order valence-corrected chi connectivity index (χ2v) is 8.18. The first-order valence-electron chi connectivity index (χ1n) is 9.93. The van der Waals surface area contributed by atoms with Gasteiger partial charge in [0.05, 0.1) is 20.2 Å². The van der Waals surface area contributed by atoms with Gasteiger partial charge in [-0.2, -0.15) is 4.98 Å². The van der Waals surface area contributed by atoms with Gasteiger partial charge in [0.15, 0.2) is 0 Å². The van der Waals surface area contributed by atoms with E-state index in [-0.39, 0.29) is 18.6 Å². The van der Waals surface area contributed by atoms with Crippen LogP contribution in [0.15, 0.2) is 41.1 Å². The van der Waals surface area contributed by atoms with Crippen molar-refractivity contribution in [2.45, 2.75) is 37.6 Å². The second kappa shape index (κ2) is 9.16. The lowest BCUT2D eigenvalue weighted by Crippen LogP contribution is -2.28. The topological polar surface area (TPSA) is 82.6 Å². The van der Waals surface area contributed by atoms with E-state index in [1.54, 1.807) is 11.9 Å². The molecule has 0 saturated carbocycles. The number of methoxy groups -OCH3 is 1. The lowest BCUT2D eigenvalue weighted by atomic mass is 9.95. The molecule has 0 radical (unpaired) electrons. The second-order valence-electron chi connectivity index (χ2n) is 7.69. The molecule has 3 aromatic rings. The Morgan fingerprint density at radius 3 is 3.00 bits per heavy atom. The zero-order valence-corrected chi connectivity index (χ0v) is 17.8. The van der Waals surface area contributed by atoms with Crippen LogP contribution in [0.1, 0.15) is 30.7 Å². The fourth-order valence-electron chi connectivity index (χ4n) is 3.88. The van der Waals surface area contributed by atoms with Crippen LogP contribution in [0.25, 0.3) is 10.9 Å². The Morgan fingerprint density at radius 1 is 1.33 bits per heavy atom. The maximum Gasteiger partial charge on any atom is 0.319 e. The van der Waals surface area contributed by atoms with E-state index in [9.17, 15) is 4.79 Å². The minimum atomic E-state index is -0.403. The van der Waals surface area contributed by atoms with Gasteiger partial charge in [-0.15, -0.1) is 0 Å². The predicted molar refractivity (Wildman–Crippen MR) is 111 cm³/mol. The number of hydrogen-bond acceptors (Lipinski definition) is 7. The Balaban J connectivity index is 1.41. The van der Waals surface area contributed by atoms with E-state index in [0.717, 1.165) is 19.4 Å². The zero-order valence-electron chi connectivity index (χ0n) is 17.0. The Kier molecular flexibility index (Phi) is 6.36. The number of carbonyl (C=O) groups is 1. The molecule has 1 aliphatic rings. The number of para-hydroxylation sites is 1. The Bertz CT molecular complexity index is 1000. The van der Waals surface area contributed by atoms with Crippen LogP contribution in [0.3, 0.4) is 0 Å². The Labute approximate surface area is 179 Å². The molecule has 8 nitrogen and oxygen atoms in total. The number of fused-ring (bicyclic) bond motifs is 1. The van der Waals surface area contributed by atoms with Gasteiger partial charge in [0, 0.05) is 18.3 Å². The Hall–Kier alpha value is -2.42. The molecule has 4 rings (SSSR count). The summed E-state index contributed by atoms with van der Waals surface area (Å²) in [7, 11) is 3.14. The molecular weight excluding hydrogens is 408 g/mol.